The summed E-state index contributed by atoms with van der Waals surface area (Å²) in [6.45, 7) is 5.98. The zero-order chi connectivity index (χ0) is 13.8. The van der Waals surface area contributed by atoms with Crippen LogP contribution in [0.15, 0.2) is 40.3 Å². The summed E-state index contributed by atoms with van der Waals surface area (Å²) < 4.78 is 0. The summed E-state index contributed by atoms with van der Waals surface area (Å²) >= 11 is 1.58. The van der Waals surface area contributed by atoms with Gasteiger partial charge < -0.3 is 4.98 Å². The molecule has 1 atom stereocenters. The summed E-state index contributed by atoms with van der Waals surface area (Å²) in [5.74, 6) is 0. The number of aromatic amines is 1. The Morgan fingerprint density at radius 1 is 1.32 bits per heavy atom. The Morgan fingerprint density at radius 2 is 2.00 bits per heavy atom. The number of benzene rings is 1. The van der Waals surface area contributed by atoms with Crippen molar-refractivity contribution in [2.24, 2.45) is 0 Å². The first-order valence-electron chi connectivity index (χ1n) is 6.43. The van der Waals surface area contributed by atoms with Crippen molar-refractivity contribution in [3.63, 3.8) is 0 Å². The van der Waals surface area contributed by atoms with Gasteiger partial charge in [-0.25, -0.2) is 4.98 Å². The average Bonchev–Trinajstić information content (AvgIpc) is 2.39. The Kier molecular flexibility index (Phi) is 4.43. The third kappa shape index (κ3) is 3.26. The van der Waals surface area contributed by atoms with Crippen LogP contribution in [0.2, 0.25) is 0 Å². The number of H-pyrrole nitrogens is 1. The van der Waals surface area contributed by atoms with Crippen LogP contribution in [0.3, 0.4) is 0 Å². The van der Waals surface area contributed by atoms with Gasteiger partial charge in [-0.2, -0.15) is 0 Å². The number of aromatic nitrogens is 2. The van der Waals surface area contributed by atoms with Crippen LogP contribution in [-0.4, -0.2) is 9.97 Å². The standard InChI is InChI=1S/C15H18N2OS/c1-4-13-10(2)16-15(17-14(13)18)19-11(3)12-8-6-5-7-9-12/h5-9,11H,4H2,1-3H3,(H,16,17,18)/t11-/m1/s1. The first-order chi connectivity index (χ1) is 9.11. The van der Waals surface area contributed by atoms with Crippen LogP contribution in [0.4, 0.5) is 0 Å². The molecule has 19 heavy (non-hydrogen) atoms. The summed E-state index contributed by atoms with van der Waals surface area (Å²) in [6.07, 6.45) is 0.716. The van der Waals surface area contributed by atoms with Gasteiger partial charge in [-0.3, -0.25) is 4.79 Å². The van der Waals surface area contributed by atoms with E-state index in [1.807, 2.05) is 32.0 Å². The van der Waals surface area contributed by atoms with E-state index in [1.54, 1.807) is 11.8 Å². The molecule has 1 aromatic heterocycles. The van der Waals surface area contributed by atoms with E-state index in [-0.39, 0.29) is 10.8 Å². The third-order valence-electron chi connectivity index (χ3n) is 3.11. The van der Waals surface area contributed by atoms with Gasteiger partial charge in [0.25, 0.3) is 5.56 Å². The second-order valence-electron chi connectivity index (χ2n) is 4.46. The fourth-order valence-corrected chi connectivity index (χ4v) is 2.99. The smallest absolute Gasteiger partial charge is 0.254 e. The minimum Gasteiger partial charge on any atom is -0.301 e. The molecule has 0 radical (unpaired) electrons. The van der Waals surface area contributed by atoms with Crippen LogP contribution in [0, 0.1) is 6.92 Å². The van der Waals surface area contributed by atoms with E-state index in [0.29, 0.717) is 11.6 Å². The molecule has 0 bridgehead atoms. The minimum atomic E-state index is -0.0160. The fraction of sp³-hybridized carbons (Fsp3) is 0.333. The van der Waals surface area contributed by atoms with Crippen LogP contribution in [0.1, 0.15) is 35.9 Å². The number of hydrogen-bond acceptors (Lipinski definition) is 3. The van der Waals surface area contributed by atoms with Gasteiger partial charge in [-0.15, -0.1) is 0 Å². The molecule has 0 spiro atoms. The largest absolute Gasteiger partial charge is 0.301 e. The Bertz CT molecular complexity index is 607. The van der Waals surface area contributed by atoms with Gasteiger partial charge in [0.05, 0.1) is 0 Å². The molecule has 2 rings (SSSR count). The first-order valence-corrected chi connectivity index (χ1v) is 7.31. The van der Waals surface area contributed by atoms with E-state index in [9.17, 15) is 4.79 Å². The molecule has 100 valence electrons. The van der Waals surface area contributed by atoms with Crippen molar-refractivity contribution in [3.8, 4) is 0 Å². The lowest BCUT2D eigenvalue weighted by Crippen LogP contribution is -2.16. The van der Waals surface area contributed by atoms with Gasteiger partial charge in [-0.05, 0) is 25.8 Å². The lowest BCUT2D eigenvalue weighted by molar-refractivity contribution is 0.854. The van der Waals surface area contributed by atoms with Gasteiger partial charge in [-0.1, -0.05) is 49.0 Å². The molecule has 0 unspecified atom stereocenters. The number of thioether (sulfide) groups is 1. The van der Waals surface area contributed by atoms with Crippen molar-refractivity contribution in [1.82, 2.24) is 9.97 Å². The SMILES string of the molecule is CCc1c(C)nc(S[C@H](C)c2ccccc2)[nH]c1=O. The maximum Gasteiger partial charge on any atom is 0.254 e. The van der Waals surface area contributed by atoms with Crippen molar-refractivity contribution >= 4 is 11.8 Å². The molecule has 2 aromatic rings. The lowest BCUT2D eigenvalue weighted by Gasteiger charge is -2.11. The van der Waals surface area contributed by atoms with Crippen LogP contribution in [-0.2, 0) is 6.42 Å². The van der Waals surface area contributed by atoms with Crippen molar-refractivity contribution in [3.05, 3.63) is 57.5 Å². The number of hydrogen-bond donors (Lipinski definition) is 1. The van der Waals surface area contributed by atoms with Gasteiger partial charge >= 0.3 is 0 Å². The first kappa shape index (κ1) is 13.9. The Balaban J connectivity index is 2.23. The van der Waals surface area contributed by atoms with Gasteiger partial charge in [0.1, 0.15) is 0 Å². The van der Waals surface area contributed by atoms with Crippen LogP contribution in [0.25, 0.3) is 0 Å². The Hall–Kier alpha value is -1.55. The Morgan fingerprint density at radius 3 is 2.58 bits per heavy atom. The number of aryl methyl sites for hydroxylation is 1. The van der Waals surface area contributed by atoms with Crippen LogP contribution in [0.5, 0.6) is 0 Å². The predicted molar refractivity (Wildman–Crippen MR) is 79.7 cm³/mol. The zero-order valence-corrected chi connectivity index (χ0v) is 12.3. The molecule has 0 fully saturated rings. The maximum absolute atomic E-state index is 11.9. The summed E-state index contributed by atoms with van der Waals surface area (Å²) in [4.78, 5) is 19.2. The van der Waals surface area contributed by atoms with Crippen molar-refractivity contribution < 1.29 is 0 Å². The monoisotopic (exact) mass is 274 g/mol. The minimum absolute atomic E-state index is 0.0160. The second-order valence-corrected chi connectivity index (χ2v) is 5.79. The van der Waals surface area contributed by atoms with Gasteiger partial charge in [0.2, 0.25) is 0 Å². The van der Waals surface area contributed by atoms with Crippen LogP contribution >= 0.6 is 11.8 Å². The molecule has 0 saturated carbocycles. The molecule has 0 aliphatic rings. The van der Waals surface area contributed by atoms with E-state index in [4.69, 9.17) is 0 Å². The predicted octanol–water partition coefficient (Wildman–Crippen LogP) is 3.49. The topological polar surface area (TPSA) is 45.8 Å². The highest BCUT2D eigenvalue weighted by atomic mass is 32.2. The second kappa shape index (κ2) is 6.06. The highest BCUT2D eigenvalue weighted by molar-refractivity contribution is 7.99. The van der Waals surface area contributed by atoms with Gasteiger partial charge in [0.15, 0.2) is 5.16 Å². The Labute approximate surface area is 117 Å². The molecular weight excluding hydrogens is 256 g/mol. The average molecular weight is 274 g/mol. The van der Waals surface area contributed by atoms with Crippen molar-refractivity contribution in [2.45, 2.75) is 37.6 Å². The number of nitrogens with one attached hydrogen (secondary N) is 1. The summed E-state index contributed by atoms with van der Waals surface area (Å²) in [6, 6.07) is 10.2. The van der Waals surface area contributed by atoms with Gasteiger partial charge in [0, 0.05) is 16.5 Å². The van der Waals surface area contributed by atoms with E-state index in [1.165, 1.54) is 5.56 Å². The molecule has 4 heteroatoms. The van der Waals surface area contributed by atoms with Crippen molar-refractivity contribution in [2.75, 3.05) is 0 Å². The molecule has 0 saturated heterocycles. The fourth-order valence-electron chi connectivity index (χ4n) is 2.02. The number of nitrogens with zero attached hydrogens (tertiary/aromatic N) is 1. The molecule has 1 N–H and O–H groups in total. The van der Waals surface area contributed by atoms with E-state index < -0.39 is 0 Å². The summed E-state index contributed by atoms with van der Waals surface area (Å²) in [5, 5.41) is 0.951. The molecule has 1 heterocycles. The maximum atomic E-state index is 11.9. The van der Waals surface area contributed by atoms with E-state index in [2.05, 4.69) is 29.0 Å². The lowest BCUT2D eigenvalue weighted by atomic mass is 10.2. The highest BCUT2D eigenvalue weighted by Gasteiger charge is 2.11. The normalized spacial score (nSPS) is 12.4. The zero-order valence-electron chi connectivity index (χ0n) is 11.4. The van der Waals surface area contributed by atoms with E-state index in [0.717, 1.165) is 11.3 Å². The third-order valence-corrected chi connectivity index (χ3v) is 4.15. The molecule has 0 aliphatic heterocycles. The molecule has 1 aromatic carbocycles. The quantitative estimate of drug-likeness (QED) is 0.685. The summed E-state index contributed by atoms with van der Waals surface area (Å²) in [5.41, 5.74) is 2.82. The van der Waals surface area contributed by atoms with Crippen molar-refractivity contribution in [1.29, 1.82) is 0 Å². The summed E-state index contributed by atoms with van der Waals surface area (Å²) in [7, 11) is 0. The molecule has 0 aliphatic carbocycles. The van der Waals surface area contributed by atoms with Crippen LogP contribution < -0.4 is 5.56 Å². The molecule has 0 amide bonds. The van der Waals surface area contributed by atoms with E-state index >= 15 is 0 Å². The number of rotatable bonds is 4. The molecular formula is C15H18N2OS. The highest BCUT2D eigenvalue weighted by Crippen LogP contribution is 2.32. The molecule has 3 nitrogen and oxygen atoms in total.